The van der Waals surface area contributed by atoms with Crippen molar-refractivity contribution in [3.8, 4) is 0 Å². The Labute approximate surface area is 130 Å². The lowest BCUT2D eigenvalue weighted by atomic mass is 10.2. The number of hydrogen-bond donors (Lipinski definition) is 1. The summed E-state index contributed by atoms with van der Waals surface area (Å²) in [6.45, 7) is 2.04. The normalized spacial score (nSPS) is 10.3. The molecule has 0 unspecified atom stereocenters. The molecular formula is C14H15BrN2O2S. The summed E-state index contributed by atoms with van der Waals surface area (Å²) in [5, 5.41) is 6.03. The lowest BCUT2D eigenvalue weighted by Crippen LogP contribution is -2.02. The van der Waals surface area contributed by atoms with Crippen molar-refractivity contribution in [3.05, 3.63) is 39.3 Å². The lowest BCUT2D eigenvalue weighted by Gasteiger charge is -2.06. The molecule has 20 heavy (non-hydrogen) atoms. The zero-order chi connectivity index (χ0) is 14.5. The van der Waals surface area contributed by atoms with Gasteiger partial charge in [-0.15, -0.1) is 11.3 Å². The van der Waals surface area contributed by atoms with Gasteiger partial charge in [0.1, 0.15) is 0 Å². The maximum absolute atomic E-state index is 11.1. The van der Waals surface area contributed by atoms with Crippen LogP contribution in [0.3, 0.4) is 0 Å². The Morgan fingerprint density at radius 3 is 3.00 bits per heavy atom. The average molecular weight is 355 g/mol. The second-order valence-electron chi connectivity index (χ2n) is 4.33. The molecule has 0 bridgehead atoms. The fourth-order valence-corrected chi connectivity index (χ4v) is 3.00. The number of thiazole rings is 1. The minimum Gasteiger partial charge on any atom is -0.469 e. The minimum atomic E-state index is -0.214. The fourth-order valence-electron chi connectivity index (χ4n) is 1.65. The number of rotatable bonds is 5. The van der Waals surface area contributed by atoms with Crippen LogP contribution in [-0.2, 0) is 16.0 Å². The first-order chi connectivity index (χ1) is 9.58. The number of esters is 1. The summed E-state index contributed by atoms with van der Waals surface area (Å²) < 4.78 is 5.62. The lowest BCUT2D eigenvalue weighted by molar-refractivity contribution is -0.140. The zero-order valence-corrected chi connectivity index (χ0v) is 13.7. The molecular weight excluding hydrogens is 340 g/mol. The van der Waals surface area contributed by atoms with Gasteiger partial charge in [-0.25, -0.2) is 4.98 Å². The van der Waals surface area contributed by atoms with E-state index in [0.29, 0.717) is 12.8 Å². The van der Waals surface area contributed by atoms with Crippen molar-refractivity contribution in [2.45, 2.75) is 19.8 Å². The SMILES string of the molecule is COC(=O)CCc1csc(Nc2ccc(C)cc2Br)n1. The summed E-state index contributed by atoms with van der Waals surface area (Å²) in [5.41, 5.74) is 3.07. The molecule has 0 saturated heterocycles. The van der Waals surface area contributed by atoms with Gasteiger partial charge in [0, 0.05) is 16.3 Å². The summed E-state index contributed by atoms with van der Waals surface area (Å²) in [4.78, 5) is 15.5. The van der Waals surface area contributed by atoms with E-state index < -0.39 is 0 Å². The van der Waals surface area contributed by atoms with Crippen molar-refractivity contribution >= 4 is 44.1 Å². The zero-order valence-electron chi connectivity index (χ0n) is 11.3. The highest BCUT2D eigenvalue weighted by atomic mass is 79.9. The molecule has 4 nitrogen and oxygen atoms in total. The number of benzene rings is 1. The summed E-state index contributed by atoms with van der Waals surface area (Å²) in [7, 11) is 1.39. The second kappa shape index (κ2) is 6.85. The molecule has 0 saturated carbocycles. The molecule has 0 aliphatic heterocycles. The van der Waals surface area contributed by atoms with Gasteiger partial charge in [-0.3, -0.25) is 4.79 Å². The Morgan fingerprint density at radius 2 is 2.30 bits per heavy atom. The Bertz CT molecular complexity index is 613. The number of nitrogens with zero attached hydrogens (tertiary/aromatic N) is 1. The summed E-state index contributed by atoms with van der Waals surface area (Å²) in [6.07, 6.45) is 0.952. The van der Waals surface area contributed by atoms with Gasteiger partial charge in [0.2, 0.25) is 0 Å². The van der Waals surface area contributed by atoms with Crippen LogP contribution in [0.4, 0.5) is 10.8 Å². The molecule has 0 radical (unpaired) electrons. The number of aryl methyl sites for hydroxylation is 2. The van der Waals surface area contributed by atoms with Crippen LogP contribution in [0, 0.1) is 6.92 Å². The first-order valence-corrected chi connectivity index (χ1v) is 7.80. The molecule has 0 aliphatic carbocycles. The third-order valence-electron chi connectivity index (χ3n) is 2.73. The largest absolute Gasteiger partial charge is 0.469 e. The van der Waals surface area contributed by atoms with Crippen LogP contribution in [0.2, 0.25) is 0 Å². The number of methoxy groups -OCH3 is 1. The molecule has 1 heterocycles. The first-order valence-electron chi connectivity index (χ1n) is 6.13. The number of anilines is 2. The maximum Gasteiger partial charge on any atom is 0.305 e. The molecule has 0 spiro atoms. The summed E-state index contributed by atoms with van der Waals surface area (Å²) >= 11 is 5.05. The van der Waals surface area contributed by atoms with Gasteiger partial charge in [0.05, 0.1) is 24.9 Å². The number of ether oxygens (including phenoxy) is 1. The molecule has 0 amide bonds. The topological polar surface area (TPSA) is 51.2 Å². The van der Waals surface area contributed by atoms with E-state index in [1.807, 2.05) is 30.5 Å². The molecule has 1 aromatic carbocycles. The highest BCUT2D eigenvalue weighted by molar-refractivity contribution is 9.10. The van der Waals surface area contributed by atoms with Gasteiger partial charge >= 0.3 is 5.97 Å². The minimum absolute atomic E-state index is 0.214. The number of hydrogen-bond acceptors (Lipinski definition) is 5. The molecule has 106 valence electrons. The molecule has 1 N–H and O–H groups in total. The monoisotopic (exact) mass is 354 g/mol. The number of nitrogens with one attached hydrogen (secondary N) is 1. The van der Waals surface area contributed by atoms with Gasteiger partial charge in [0.25, 0.3) is 0 Å². The van der Waals surface area contributed by atoms with Crippen LogP contribution < -0.4 is 5.32 Å². The van der Waals surface area contributed by atoms with Crippen LogP contribution >= 0.6 is 27.3 Å². The van der Waals surface area contributed by atoms with Gasteiger partial charge in [-0.2, -0.15) is 0 Å². The van der Waals surface area contributed by atoms with Crippen molar-refractivity contribution < 1.29 is 9.53 Å². The van der Waals surface area contributed by atoms with E-state index in [0.717, 1.165) is 21.0 Å². The van der Waals surface area contributed by atoms with E-state index in [2.05, 4.69) is 31.0 Å². The third-order valence-corrected chi connectivity index (χ3v) is 4.19. The van der Waals surface area contributed by atoms with Gasteiger partial charge in [0.15, 0.2) is 5.13 Å². The molecule has 0 aliphatic rings. The van der Waals surface area contributed by atoms with Crippen molar-refractivity contribution in [2.75, 3.05) is 12.4 Å². The molecule has 1 aromatic heterocycles. The van der Waals surface area contributed by atoms with Crippen molar-refractivity contribution in [1.29, 1.82) is 0 Å². The Balaban J connectivity index is 2.00. The highest BCUT2D eigenvalue weighted by Gasteiger charge is 2.07. The molecule has 0 fully saturated rings. The van der Waals surface area contributed by atoms with Crippen LogP contribution in [0.5, 0.6) is 0 Å². The maximum atomic E-state index is 11.1. The Morgan fingerprint density at radius 1 is 1.50 bits per heavy atom. The highest BCUT2D eigenvalue weighted by Crippen LogP contribution is 2.28. The molecule has 2 aromatic rings. The quantitative estimate of drug-likeness (QED) is 0.822. The second-order valence-corrected chi connectivity index (χ2v) is 6.04. The Hall–Kier alpha value is -1.40. The van der Waals surface area contributed by atoms with Crippen LogP contribution in [0.15, 0.2) is 28.1 Å². The number of aromatic nitrogens is 1. The molecule has 2 rings (SSSR count). The van der Waals surface area contributed by atoms with Crippen molar-refractivity contribution in [3.63, 3.8) is 0 Å². The van der Waals surface area contributed by atoms with Crippen LogP contribution in [-0.4, -0.2) is 18.1 Å². The van der Waals surface area contributed by atoms with Gasteiger partial charge < -0.3 is 10.1 Å². The van der Waals surface area contributed by atoms with Crippen molar-refractivity contribution in [1.82, 2.24) is 4.98 Å². The van der Waals surface area contributed by atoms with E-state index in [-0.39, 0.29) is 5.97 Å². The predicted molar refractivity (Wildman–Crippen MR) is 84.6 cm³/mol. The average Bonchev–Trinajstić information content (AvgIpc) is 2.87. The van der Waals surface area contributed by atoms with E-state index in [4.69, 9.17) is 0 Å². The standard InChI is InChI=1S/C14H15BrN2O2S/c1-9-3-5-12(11(15)7-9)17-14-16-10(8-20-14)4-6-13(18)19-2/h3,5,7-8H,4,6H2,1-2H3,(H,16,17). The van der Waals surface area contributed by atoms with E-state index in [9.17, 15) is 4.79 Å². The fraction of sp³-hybridized carbons (Fsp3) is 0.286. The van der Waals surface area contributed by atoms with Crippen molar-refractivity contribution in [2.24, 2.45) is 0 Å². The number of halogens is 1. The van der Waals surface area contributed by atoms with E-state index in [1.165, 1.54) is 24.0 Å². The van der Waals surface area contributed by atoms with E-state index >= 15 is 0 Å². The van der Waals surface area contributed by atoms with Crippen LogP contribution in [0.1, 0.15) is 17.7 Å². The summed E-state index contributed by atoms with van der Waals surface area (Å²) in [5.74, 6) is -0.214. The number of carbonyl (C=O) groups is 1. The van der Waals surface area contributed by atoms with Crippen LogP contribution in [0.25, 0.3) is 0 Å². The van der Waals surface area contributed by atoms with Gasteiger partial charge in [-0.05, 0) is 40.5 Å². The smallest absolute Gasteiger partial charge is 0.305 e. The summed E-state index contributed by atoms with van der Waals surface area (Å²) in [6, 6.07) is 6.10. The first kappa shape index (κ1) is 15.0. The molecule has 0 atom stereocenters. The number of carbonyl (C=O) groups excluding carboxylic acids is 1. The third kappa shape index (κ3) is 4.05. The predicted octanol–water partition coefficient (Wildman–Crippen LogP) is 4.06. The van der Waals surface area contributed by atoms with Gasteiger partial charge in [-0.1, -0.05) is 6.07 Å². The molecule has 6 heteroatoms. The Kier molecular flexibility index (Phi) is 5.14. The van der Waals surface area contributed by atoms with E-state index in [1.54, 1.807) is 0 Å².